The highest BCUT2D eigenvalue weighted by Gasteiger charge is 2.46. The minimum Gasteiger partial charge on any atom is -0.436 e. The predicted octanol–water partition coefficient (Wildman–Crippen LogP) is 3.31. The molecule has 2 aromatic rings. The Kier molecular flexibility index (Phi) is 4.21. The quantitative estimate of drug-likeness (QED) is 0.725. The molecule has 1 atom stereocenters. The molecule has 0 amide bonds. The molecule has 0 fully saturated rings. The van der Waals surface area contributed by atoms with Crippen LogP contribution in [-0.4, -0.2) is 17.3 Å². The van der Waals surface area contributed by atoms with Crippen LogP contribution in [0, 0.1) is 17.2 Å². The minimum atomic E-state index is -1.31. The van der Waals surface area contributed by atoms with Crippen LogP contribution >= 0.6 is 15.9 Å². The van der Waals surface area contributed by atoms with Crippen molar-refractivity contribution >= 4 is 33.3 Å². The maximum Gasteiger partial charge on any atom is 0.229 e. The van der Waals surface area contributed by atoms with Crippen molar-refractivity contribution in [1.82, 2.24) is 0 Å². The topological polar surface area (TPSA) is 110 Å². The van der Waals surface area contributed by atoms with Gasteiger partial charge >= 0.3 is 0 Å². The van der Waals surface area contributed by atoms with Gasteiger partial charge in [-0.25, -0.2) is 0 Å². The van der Waals surface area contributed by atoms with E-state index in [0.717, 1.165) is 4.47 Å². The normalized spacial score (nSPS) is 18.2. The molecule has 0 saturated carbocycles. The van der Waals surface area contributed by atoms with E-state index in [1.807, 2.05) is 6.07 Å². The summed E-state index contributed by atoms with van der Waals surface area (Å²) in [4.78, 5) is 39.3. The highest BCUT2D eigenvalue weighted by atomic mass is 79.9. The molecular formula is C21H11BrN2O4. The lowest BCUT2D eigenvalue weighted by molar-refractivity contribution is 0.0853. The van der Waals surface area contributed by atoms with Gasteiger partial charge in [0.05, 0.1) is 11.5 Å². The van der Waals surface area contributed by atoms with E-state index >= 15 is 0 Å². The lowest BCUT2D eigenvalue weighted by Gasteiger charge is -2.29. The molecule has 0 bridgehead atoms. The first-order valence-electron chi connectivity index (χ1n) is 8.24. The van der Waals surface area contributed by atoms with Crippen molar-refractivity contribution in [1.29, 1.82) is 5.26 Å². The number of nitriles is 1. The summed E-state index contributed by atoms with van der Waals surface area (Å²) in [5.74, 6) is -3.53. The molecule has 4 rings (SSSR count). The molecule has 2 N–H and O–H groups in total. The Morgan fingerprint density at radius 3 is 2.25 bits per heavy atom. The van der Waals surface area contributed by atoms with Crippen molar-refractivity contribution in [3.63, 3.8) is 0 Å². The van der Waals surface area contributed by atoms with Crippen LogP contribution < -0.4 is 5.73 Å². The van der Waals surface area contributed by atoms with Crippen LogP contribution in [0.2, 0.25) is 0 Å². The van der Waals surface area contributed by atoms with Gasteiger partial charge in [-0.15, -0.1) is 0 Å². The number of hydrogen-bond donors (Lipinski definition) is 1. The first-order valence-corrected chi connectivity index (χ1v) is 9.03. The average molecular weight is 435 g/mol. The summed E-state index contributed by atoms with van der Waals surface area (Å²) in [5, 5.41) is 9.56. The number of carbonyl (C=O) groups excluding carboxylic acids is 3. The lowest BCUT2D eigenvalue weighted by atomic mass is 9.75. The summed E-state index contributed by atoms with van der Waals surface area (Å²) in [6, 6.07) is 14.6. The monoisotopic (exact) mass is 434 g/mol. The predicted molar refractivity (Wildman–Crippen MR) is 102 cm³/mol. The number of halogens is 1. The molecule has 1 unspecified atom stereocenters. The highest BCUT2D eigenvalue weighted by Crippen LogP contribution is 2.40. The molecule has 136 valence electrons. The van der Waals surface area contributed by atoms with E-state index in [0.29, 0.717) is 0 Å². The third-order valence-electron chi connectivity index (χ3n) is 4.68. The van der Waals surface area contributed by atoms with E-state index in [9.17, 15) is 19.6 Å². The van der Waals surface area contributed by atoms with Crippen LogP contribution in [0.5, 0.6) is 0 Å². The average Bonchev–Trinajstić information content (AvgIpc) is 2.71. The fourth-order valence-electron chi connectivity index (χ4n) is 3.35. The number of nitrogens with two attached hydrogens (primary N) is 1. The molecule has 0 radical (unpaired) electrons. The van der Waals surface area contributed by atoms with Crippen molar-refractivity contribution in [2.24, 2.45) is 11.7 Å². The number of Topliss-reactive ketones (excluding diaryl/α,β-unsaturated/α-hetero) is 3. The first kappa shape index (κ1) is 17.9. The largest absolute Gasteiger partial charge is 0.436 e. The molecule has 0 aromatic heterocycles. The molecule has 1 aliphatic carbocycles. The maximum atomic E-state index is 13.2. The second kappa shape index (κ2) is 6.59. The number of benzene rings is 2. The maximum absolute atomic E-state index is 13.2. The smallest absolute Gasteiger partial charge is 0.229 e. The van der Waals surface area contributed by atoms with Gasteiger partial charge in [0.1, 0.15) is 11.6 Å². The molecular weight excluding hydrogens is 424 g/mol. The summed E-state index contributed by atoms with van der Waals surface area (Å²) in [6.45, 7) is 0. The van der Waals surface area contributed by atoms with Crippen molar-refractivity contribution in [3.05, 3.63) is 92.5 Å². The summed E-state index contributed by atoms with van der Waals surface area (Å²) < 4.78 is 6.12. The van der Waals surface area contributed by atoms with Crippen LogP contribution in [0.4, 0.5) is 0 Å². The molecule has 7 heteroatoms. The van der Waals surface area contributed by atoms with Crippen molar-refractivity contribution in [3.8, 4) is 6.07 Å². The molecule has 6 nitrogen and oxygen atoms in total. The van der Waals surface area contributed by atoms with Gasteiger partial charge < -0.3 is 10.5 Å². The Balaban J connectivity index is 1.92. The summed E-state index contributed by atoms with van der Waals surface area (Å²) in [6.07, 6.45) is 0. The van der Waals surface area contributed by atoms with Gasteiger partial charge in [0.15, 0.2) is 17.3 Å². The van der Waals surface area contributed by atoms with Gasteiger partial charge in [0, 0.05) is 21.2 Å². The highest BCUT2D eigenvalue weighted by molar-refractivity contribution is 9.10. The fourth-order valence-corrected chi connectivity index (χ4v) is 3.61. The zero-order valence-electron chi connectivity index (χ0n) is 14.2. The number of carbonyl (C=O) groups is 3. The van der Waals surface area contributed by atoms with Crippen molar-refractivity contribution in [2.45, 2.75) is 0 Å². The van der Waals surface area contributed by atoms with E-state index in [4.69, 9.17) is 10.5 Å². The third kappa shape index (κ3) is 2.58. The van der Waals surface area contributed by atoms with Gasteiger partial charge in [-0.3, -0.25) is 14.4 Å². The Hall–Kier alpha value is -3.50. The Labute approximate surface area is 168 Å². The number of fused-ring (bicyclic) bond motifs is 1. The van der Waals surface area contributed by atoms with E-state index in [1.54, 1.807) is 36.4 Å². The molecule has 0 spiro atoms. The van der Waals surface area contributed by atoms with Gasteiger partial charge in [-0.05, 0) is 12.1 Å². The second-order valence-electron chi connectivity index (χ2n) is 6.24. The van der Waals surface area contributed by atoms with Crippen molar-refractivity contribution in [2.75, 3.05) is 0 Å². The van der Waals surface area contributed by atoms with Crippen LogP contribution in [0.3, 0.4) is 0 Å². The molecule has 1 heterocycles. The van der Waals surface area contributed by atoms with E-state index < -0.39 is 23.3 Å². The Morgan fingerprint density at radius 2 is 1.64 bits per heavy atom. The van der Waals surface area contributed by atoms with Crippen LogP contribution in [0.1, 0.15) is 31.1 Å². The van der Waals surface area contributed by atoms with Crippen LogP contribution in [0.15, 0.2) is 75.8 Å². The summed E-state index contributed by atoms with van der Waals surface area (Å²) in [5.41, 5.74) is 6.12. The van der Waals surface area contributed by atoms with Gasteiger partial charge in [0.2, 0.25) is 11.7 Å². The standard InChI is InChI=1S/C21H11BrN2O4/c22-11-7-5-10(6-8-11)17(25)15-14(9-23)21(24)28-20-16(15)18(26)12-3-1-2-4-13(12)19(20)27/h1-8,15H,24H2. The van der Waals surface area contributed by atoms with Crippen molar-refractivity contribution < 1.29 is 19.1 Å². The summed E-state index contributed by atoms with van der Waals surface area (Å²) in [7, 11) is 0. The Bertz CT molecular complexity index is 1170. The van der Waals surface area contributed by atoms with E-state index in [2.05, 4.69) is 15.9 Å². The SMILES string of the molecule is N#CC1=C(N)OC2=C(C(=O)c3ccccc3C2=O)C1C(=O)c1ccc(Br)cc1. The van der Waals surface area contributed by atoms with E-state index in [-0.39, 0.29) is 39.5 Å². The van der Waals surface area contributed by atoms with Crippen LogP contribution in [-0.2, 0) is 4.74 Å². The van der Waals surface area contributed by atoms with Gasteiger partial charge in [-0.2, -0.15) is 5.26 Å². The molecule has 2 aliphatic rings. The molecule has 28 heavy (non-hydrogen) atoms. The number of hydrogen-bond acceptors (Lipinski definition) is 6. The first-order chi connectivity index (χ1) is 13.4. The molecule has 0 saturated heterocycles. The van der Waals surface area contributed by atoms with Gasteiger partial charge in [0.25, 0.3) is 0 Å². The minimum absolute atomic E-state index is 0.151. The number of nitrogens with zero attached hydrogens (tertiary/aromatic N) is 1. The van der Waals surface area contributed by atoms with Crippen LogP contribution in [0.25, 0.3) is 0 Å². The Morgan fingerprint density at radius 1 is 1.04 bits per heavy atom. The lowest BCUT2D eigenvalue weighted by Crippen LogP contribution is -2.36. The number of ether oxygens (including phenoxy) is 1. The number of ketones is 3. The molecule has 2 aromatic carbocycles. The zero-order chi connectivity index (χ0) is 20.0. The number of rotatable bonds is 2. The second-order valence-corrected chi connectivity index (χ2v) is 7.16. The van der Waals surface area contributed by atoms with Gasteiger partial charge in [-0.1, -0.05) is 52.3 Å². The number of allylic oxidation sites excluding steroid dienone is 3. The molecule has 1 aliphatic heterocycles. The zero-order valence-corrected chi connectivity index (χ0v) is 15.8. The van der Waals surface area contributed by atoms with E-state index in [1.165, 1.54) is 12.1 Å². The third-order valence-corrected chi connectivity index (χ3v) is 5.21. The summed E-state index contributed by atoms with van der Waals surface area (Å²) >= 11 is 3.30. The fraction of sp³-hybridized carbons (Fsp3) is 0.0476.